The number of Topliss-reactive ketones (excluding diaryl/α,β-unsaturated/α-hetero) is 2. The zero-order valence-corrected chi connectivity index (χ0v) is 17.6. The number of carbonyl (C=O) groups excluding carboxylic acids is 2. The molecule has 27 heavy (non-hydrogen) atoms. The molecule has 6 atom stereocenters. The topological polar surface area (TPSA) is 34.1 Å². The predicted molar refractivity (Wildman–Crippen MR) is 107 cm³/mol. The van der Waals surface area contributed by atoms with E-state index in [9.17, 15) is 9.59 Å². The smallest absolute Gasteiger partial charge is 0.144 e. The highest BCUT2D eigenvalue weighted by Crippen LogP contribution is 2.41. The first-order chi connectivity index (χ1) is 12.9. The van der Waals surface area contributed by atoms with Gasteiger partial charge < -0.3 is 8.97 Å². The summed E-state index contributed by atoms with van der Waals surface area (Å²) in [5.74, 6) is 1.03. The predicted octanol–water partition coefficient (Wildman–Crippen LogP) is 3.62. The molecule has 4 heterocycles. The summed E-state index contributed by atoms with van der Waals surface area (Å²) >= 11 is 0. The van der Waals surface area contributed by atoms with Crippen molar-refractivity contribution >= 4 is 11.6 Å². The summed E-state index contributed by atoms with van der Waals surface area (Å²) in [7, 11) is 4.85. The lowest BCUT2D eigenvalue weighted by molar-refractivity contribution is -0.945. The summed E-state index contributed by atoms with van der Waals surface area (Å²) in [6, 6.07) is 2.49. The van der Waals surface area contributed by atoms with Crippen molar-refractivity contribution in [3.63, 3.8) is 0 Å². The number of rotatable bonds is 8. The zero-order chi connectivity index (χ0) is 19.1. The number of piperidine rings is 2. The summed E-state index contributed by atoms with van der Waals surface area (Å²) in [5, 5.41) is 0. The van der Waals surface area contributed by atoms with E-state index in [1.807, 2.05) is 0 Å². The van der Waals surface area contributed by atoms with Crippen LogP contribution in [0.1, 0.15) is 83.5 Å². The van der Waals surface area contributed by atoms with E-state index in [1.165, 1.54) is 79.8 Å². The number of fused-ring (bicyclic) bond motifs is 4. The molecule has 0 N–H and O–H groups in total. The fourth-order valence-corrected chi connectivity index (χ4v) is 7.17. The first kappa shape index (κ1) is 19.6. The van der Waals surface area contributed by atoms with Crippen LogP contribution in [0.5, 0.6) is 0 Å². The van der Waals surface area contributed by atoms with Crippen LogP contribution in [-0.4, -0.2) is 71.9 Å². The molecule has 0 spiro atoms. The largest absolute Gasteiger partial charge is 0.320 e. The Morgan fingerprint density at radius 1 is 0.593 bits per heavy atom. The van der Waals surface area contributed by atoms with Crippen molar-refractivity contribution in [3.05, 3.63) is 0 Å². The highest BCUT2D eigenvalue weighted by Gasteiger charge is 2.51. The molecule has 4 heteroatoms. The Balaban J connectivity index is 1.14. The number of hydrogen-bond donors (Lipinski definition) is 0. The number of carbonyl (C=O) groups is 2. The average Bonchev–Trinajstić information content (AvgIpc) is 2.91. The molecule has 0 aliphatic carbocycles. The molecule has 0 saturated carbocycles. The Bertz CT molecular complexity index is 505. The van der Waals surface area contributed by atoms with E-state index in [0.29, 0.717) is 35.7 Å². The number of nitrogens with zero attached hydrogens (tertiary/aromatic N) is 2. The maximum atomic E-state index is 11.9. The molecule has 4 aliphatic rings. The summed E-state index contributed by atoms with van der Waals surface area (Å²) < 4.78 is 2.39. The Labute approximate surface area is 165 Å². The van der Waals surface area contributed by atoms with Crippen LogP contribution >= 0.6 is 0 Å². The summed E-state index contributed by atoms with van der Waals surface area (Å²) in [6.45, 7) is 2.56. The van der Waals surface area contributed by atoms with Crippen LogP contribution < -0.4 is 0 Å². The highest BCUT2D eigenvalue weighted by atomic mass is 16.1. The molecule has 0 aromatic carbocycles. The molecular formula is C23H40N2O2+2. The number of ketones is 2. The van der Waals surface area contributed by atoms with Gasteiger partial charge in [0.25, 0.3) is 0 Å². The molecule has 0 radical (unpaired) electrons. The van der Waals surface area contributed by atoms with Crippen LogP contribution in [0.3, 0.4) is 0 Å². The quantitative estimate of drug-likeness (QED) is 0.479. The van der Waals surface area contributed by atoms with Crippen LogP contribution in [0, 0.1) is 0 Å². The second kappa shape index (κ2) is 7.59. The zero-order valence-electron chi connectivity index (χ0n) is 17.6. The van der Waals surface area contributed by atoms with E-state index in [2.05, 4.69) is 14.1 Å². The minimum Gasteiger partial charge on any atom is -0.320 e. The third-order valence-corrected chi connectivity index (χ3v) is 9.14. The molecule has 2 unspecified atom stereocenters. The first-order valence-electron chi connectivity index (χ1n) is 11.6. The van der Waals surface area contributed by atoms with Gasteiger partial charge in [0.15, 0.2) is 0 Å². The van der Waals surface area contributed by atoms with Gasteiger partial charge in [-0.25, -0.2) is 0 Å². The van der Waals surface area contributed by atoms with Crippen molar-refractivity contribution in [2.45, 2.75) is 108 Å². The van der Waals surface area contributed by atoms with Gasteiger partial charge in [0.05, 0.1) is 77.0 Å². The Kier molecular flexibility index (Phi) is 5.50. The van der Waals surface area contributed by atoms with Gasteiger partial charge in [-0.05, 0) is 25.7 Å². The monoisotopic (exact) mass is 376 g/mol. The van der Waals surface area contributed by atoms with E-state index in [-0.39, 0.29) is 0 Å². The van der Waals surface area contributed by atoms with E-state index in [0.717, 1.165) is 25.7 Å². The Morgan fingerprint density at radius 2 is 0.889 bits per heavy atom. The van der Waals surface area contributed by atoms with E-state index in [1.54, 1.807) is 0 Å². The maximum Gasteiger partial charge on any atom is 0.144 e. The summed E-state index contributed by atoms with van der Waals surface area (Å²) in [6.07, 6.45) is 15.1. The standard InChI is InChI=1S/C23H40N2O2/c1-24(18-8-9-19(24)15-22(26)14-18)12-6-4-3-5-7-13-25(2)20-10-11-21(25)17-23(27)16-20/h18-21H,3-17H2,1-2H3/q+2/t18-,19+,20-,21+,24?,25?. The SMILES string of the molecule is C[N+]1(CCCCCCC[N+]2(C)[C@@H]3CC[C@H]2CC(=O)C3)[C@@H]2CC[C@H]1CC(=O)C2. The molecule has 0 aromatic heterocycles. The van der Waals surface area contributed by atoms with Gasteiger partial charge in [0.1, 0.15) is 11.6 Å². The van der Waals surface area contributed by atoms with E-state index < -0.39 is 0 Å². The summed E-state index contributed by atoms with van der Waals surface area (Å²) in [5.41, 5.74) is 0. The molecule has 4 fully saturated rings. The molecule has 0 amide bonds. The van der Waals surface area contributed by atoms with Crippen molar-refractivity contribution in [1.29, 1.82) is 0 Å². The number of quaternary nitrogens is 2. The van der Waals surface area contributed by atoms with Crippen LogP contribution in [0.15, 0.2) is 0 Å². The van der Waals surface area contributed by atoms with Crippen LogP contribution in [0.2, 0.25) is 0 Å². The minimum absolute atomic E-state index is 0.517. The van der Waals surface area contributed by atoms with Gasteiger partial charge in [0.2, 0.25) is 0 Å². The van der Waals surface area contributed by atoms with Crippen molar-refractivity contribution in [1.82, 2.24) is 0 Å². The van der Waals surface area contributed by atoms with Gasteiger partial charge in [-0.3, -0.25) is 9.59 Å². The van der Waals surface area contributed by atoms with Crippen LogP contribution in [0.25, 0.3) is 0 Å². The fourth-order valence-electron chi connectivity index (χ4n) is 7.17. The maximum absolute atomic E-state index is 11.9. The van der Waals surface area contributed by atoms with Gasteiger partial charge in [-0.15, -0.1) is 0 Å². The second-order valence-corrected chi connectivity index (χ2v) is 10.6. The van der Waals surface area contributed by atoms with Crippen LogP contribution in [-0.2, 0) is 9.59 Å². The lowest BCUT2D eigenvalue weighted by Gasteiger charge is -2.44. The average molecular weight is 377 g/mol. The lowest BCUT2D eigenvalue weighted by atomic mass is 9.97. The van der Waals surface area contributed by atoms with E-state index in [4.69, 9.17) is 0 Å². The lowest BCUT2D eigenvalue weighted by Crippen LogP contribution is -2.58. The first-order valence-corrected chi connectivity index (χ1v) is 11.6. The normalized spacial score (nSPS) is 43.5. The molecule has 4 aliphatic heterocycles. The third-order valence-electron chi connectivity index (χ3n) is 9.14. The molecule has 4 rings (SSSR count). The van der Waals surface area contributed by atoms with Crippen LogP contribution in [0.4, 0.5) is 0 Å². The number of unbranched alkanes of at least 4 members (excludes halogenated alkanes) is 4. The number of hydrogen-bond acceptors (Lipinski definition) is 2. The molecule has 152 valence electrons. The minimum atomic E-state index is 0.517. The van der Waals surface area contributed by atoms with Crippen molar-refractivity contribution < 1.29 is 18.6 Å². The molecular weight excluding hydrogens is 336 g/mol. The molecule has 4 bridgehead atoms. The fraction of sp³-hybridized carbons (Fsp3) is 0.913. The van der Waals surface area contributed by atoms with E-state index >= 15 is 0 Å². The molecule has 4 saturated heterocycles. The van der Waals surface area contributed by atoms with Gasteiger partial charge in [-0.1, -0.05) is 6.42 Å². The van der Waals surface area contributed by atoms with Gasteiger partial charge >= 0.3 is 0 Å². The second-order valence-electron chi connectivity index (χ2n) is 10.6. The molecule has 0 aromatic rings. The Hall–Kier alpha value is -0.740. The highest BCUT2D eigenvalue weighted by molar-refractivity contribution is 5.80. The van der Waals surface area contributed by atoms with Crippen molar-refractivity contribution in [2.75, 3.05) is 27.2 Å². The summed E-state index contributed by atoms with van der Waals surface area (Å²) in [4.78, 5) is 23.7. The third kappa shape index (κ3) is 3.64. The van der Waals surface area contributed by atoms with Crippen molar-refractivity contribution in [2.24, 2.45) is 0 Å². The van der Waals surface area contributed by atoms with Crippen molar-refractivity contribution in [3.8, 4) is 0 Å². The molecule has 4 nitrogen and oxygen atoms in total. The van der Waals surface area contributed by atoms with Gasteiger partial charge in [0, 0.05) is 25.7 Å². The van der Waals surface area contributed by atoms with Gasteiger partial charge in [-0.2, -0.15) is 0 Å². The Morgan fingerprint density at radius 3 is 1.22 bits per heavy atom.